The highest BCUT2D eigenvalue weighted by atomic mass is 17.3. The van der Waals surface area contributed by atoms with Gasteiger partial charge in [-0.25, -0.2) is 19.6 Å². The molecule has 2 spiro atoms. The van der Waals surface area contributed by atoms with E-state index in [4.69, 9.17) is 38.5 Å². The van der Waals surface area contributed by atoms with Crippen molar-refractivity contribution in [2.45, 2.75) is 153 Å². The third-order valence-corrected chi connectivity index (χ3v) is 14.0. The molecule has 10 nitrogen and oxygen atoms in total. The zero-order valence-corrected chi connectivity index (χ0v) is 27.2. The number of hydrogen-bond donors (Lipinski definition) is 1. The average molecular weight is 621 g/mol. The van der Waals surface area contributed by atoms with Crippen LogP contribution < -0.4 is 0 Å². The van der Waals surface area contributed by atoms with E-state index in [9.17, 15) is 9.90 Å². The minimum absolute atomic E-state index is 0.0951. The summed E-state index contributed by atoms with van der Waals surface area (Å²) in [5.74, 6) is -1.11. The highest BCUT2D eigenvalue weighted by Crippen LogP contribution is 2.63. The Balaban J connectivity index is 1.04. The molecule has 248 valence electrons. The van der Waals surface area contributed by atoms with Crippen LogP contribution >= 0.6 is 0 Å². The predicted molar refractivity (Wildman–Crippen MR) is 154 cm³/mol. The lowest BCUT2D eigenvalue weighted by Crippen LogP contribution is -2.70. The van der Waals surface area contributed by atoms with Gasteiger partial charge in [0, 0.05) is 24.7 Å². The fourth-order valence-corrected chi connectivity index (χ4v) is 11.4. The van der Waals surface area contributed by atoms with Crippen molar-refractivity contribution in [3.05, 3.63) is 0 Å². The fourth-order valence-electron chi connectivity index (χ4n) is 11.4. The Morgan fingerprint density at radius 2 is 1.09 bits per heavy atom. The van der Waals surface area contributed by atoms with Crippen molar-refractivity contribution in [2.24, 2.45) is 53.3 Å². The van der Waals surface area contributed by atoms with Gasteiger partial charge in [-0.15, -0.1) is 0 Å². The van der Waals surface area contributed by atoms with Gasteiger partial charge in [-0.2, -0.15) is 0 Å². The molecule has 10 aliphatic rings. The summed E-state index contributed by atoms with van der Waals surface area (Å²) in [4.78, 5) is 37.5. The third kappa shape index (κ3) is 4.24. The van der Waals surface area contributed by atoms with Gasteiger partial charge in [0.2, 0.25) is 11.6 Å². The molecule has 1 N–H and O–H groups in total. The Bertz CT molecular complexity index is 1070. The van der Waals surface area contributed by atoms with Crippen molar-refractivity contribution in [1.29, 1.82) is 0 Å². The normalized spacial score (nSPS) is 58.3. The molecule has 10 fully saturated rings. The maximum atomic E-state index is 12.9. The molecule has 16 atom stereocenters. The van der Waals surface area contributed by atoms with E-state index in [2.05, 4.69) is 27.7 Å². The molecule has 10 heteroatoms. The average Bonchev–Trinajstić information content (AvgIpc) is 3.35. The number of carboxylic acids is 1. The first kappa shape index (κ1) is 30.5. The molecular weight excluding hydrogens is 568 g/mol. The molecule has 0 aromatic heterocycles. The van der Waals surface area contributed by atoms with Crippen LogP contribution in [0.15, 0.2) is 0 Å². The summed E-state index contributed by atoms with van der Waals surface area (Å²) < 4.78 is 26.7. The second-order valence-corrected chi connectivity index (χ2v) is 16.4. The molecule has 0 aromatic rings. The first-order valence-corrected chi connectivity index (χ1v) is 17.5. The van der Waals surface area contributed by atoms with Gasteiger partial charge in [0.15, 0.2) is 23.8 Å². The van der Waals surface area contributed by atoms with E-state index in [0.29, 0.717) is 24.7 Å². The molecule has 8 heterocycles. The van der Waals surface area contributed by atoms with Crippen LogP contribution in [0.25, 0.3) is 0 Å². The molecule has 0 aromatic carbocycles. The van der Waals surface area contributed by atoms with E-state index in [1.165, 1.54) is 0 Å². The lowest BCUT2D eigenvalue weighted by atomic mass is 9.56. The molecule has 4 unspecified atom stereocenters. The Morgan fingerprint density at radius 1 is 0.659 bits per heavy atom. The molecule has 4 bridgehead atoms. The quantitative estimate of drug-likeness (QED) is 0.369. The van der Waals surface area contributed by atoms with Gasteiger partial charge >= 0.3 is 5.97 Å². The molecule has 8 aliphatic heterocycles. The summed E-state index contributed by atoms with van der Waals surface area (Å²) >= 11 is 0. The molecule has 0 amide bonds. The highest BCUT2D eigenvalue weighted by molar-refractivity contribution is 5.70. The van der Waals surface area contributed by atoms with Crippen LogP contribution in [-0.4, -0.2) is 58.6 Å². The number of rotatable bonds is 5. The monoisotopic (exact) mass is 620 g/mol. The fraction of sp³-hybridized carbons (Fsp3) is 0.971. The summed E-state index contributed by atoms with van der Waals surface area (Å²) in [6, 6.07) is 0. The number of ether oxygens (including phenoxy) is 4. The molecule has 2 aliphatic carbocycles. The van der Waals surface area contributed by atoms with Gasteiger partial charge < -0.3 is 24.1 Å². The summed E-state index contributed by atoms with van der Waals surface area (Å²) in [5.41, 5.74) is -1.30. The Morgan fingerprint density at radius 3 is 1.50 bits per heavy atom. The van der Waals surface area contributed by atoms with E-state index in [1.807, 2.05) is 13.8 Å². The molecule has 10 rings (SSSR count). The van der Waals surface area contributed by atoms with Crippen LogP contribution in [0.5, 0.6) is 0 Å². The second kappa shape index (κ2) is 10.3. The van der Waals surface area contributed by atoms with Crippen LogP contribution in [0.1, 0.15) is 106 Å². The third-order valence-electron chi connectivity index (χ3n) is 14.0. The Hall–Kier alpha value is -0.850. The van der Waals surface area contributed by atoms with Crippen molar-refractivity contribution in [1.82, 2.24) is 0 Å². The van der Waals surface area contributed by atoms with Crippen LogP contribution in [-0.2, 0) is 43.3 Å². The van der Waals surface area contributed by atoms with Gasteiger partial charge in [0.1, 0.15) is 0 Å². The standard InChI is InChI=1S/C34H52O10/c1-17-7-9-24-19(3)26(37-29-33(24)22(17)11-13-31(5,39-29)41-43-33)15-21(28(35)36)16-27-20(4)25-10-8-18(2)23-12-14-32(6)40-30(38-27)34(23,25)44-42-32/h17-27,29-30H,7-16H2,1-6H3,(H,35,36)/t17-,18-,19-,20-,21?,22?,23?,24?,25?,26-,27-,29-,30-,31+,32+,33-,34-/m1/s1. The lowest BCUT2D eigenvalue weighted by molar-refractivity contribution is -0.571. The maximum Gasteiger partial charge on any atom is 0.306 e. The van der Waals surface area contributed by atoms with Crippen LogP contribution in [0.3, 0.4) is 0 Å². The van der Waals surface area contributed by atoms with Crippen molar-refractivity contribution in [2.75, 3.05) is 0 Å². The number of aliphatic carboxylic acids is 1. The van der Waals surface area contributed by atoms with E-state index < -0.39 is 47.2 Å². The first-order chi connectivity index (χ1) is 20.9. The van der Waals surface area contributed by atoms with E-state index >= 15 is 0 Å². The van der Waals surface area contributed by atoms with E-state index in [-0.39, 0.29) is 47.7 Å². The van der Waals surface area contributed by atoms with E-state index in [0.717, 1.165) is 51.4 Å². The first-order valence-electron chi connectivity index (χ1n) is 17.5. The molecule has 8 saturated heterocycles. The van der Waals surface area contributed by atoms with Gasteiger partial charge in [0.05, 0.1) is 18.1 Å². The Kier molecular flexibility index (Phi) is 7.15. The van der Waals surface area contributed by atoms with Gasteiger partial charge in [0.25, 0.3) is 0 Å². The summed E-state index contributed by atoms with van der Waals surface area (Å²) in [6.45, 7) is 12.9. The van der Waals surface area contributed by atoms with E-state index in [1.54, 1.807) is 0 Å². The SMILES string of the molecule is C[C@@H]1CCC2[C@@H](C)[C@@H](CC(C[C@H]3O[C@@H]4O[C@]5(C)CCC6[C@H](C)CCC([C@H]3C)[C@]64OO5)C(=O)O)O[C@@H]3O[C@]4(C)CCC1[C@@]23OO4. The van der Waals surface area contributed by atoms with Crippen molar-refractivity contribution < 1.29 is 48.4 Å². The zero-order chi connectivity index (χ0) is 30.8. The smallest absolute Gasteiger partial charge is 0.306 e. The second-order valence-electron chi connectivity index (χ2n) is 16.4. The number of fused-ring (bicyclic) bond motifs is 4. The number of hydrogen-bond acceptors (Lipinski definition) is 9. The van der Waals surface area contributed by atoms with Crippen LogP contribution in [0.2, 0.25) is 0 Å². The van der Waals surface area contributed by atoms with Crippen LogP contribution in [0, 0.1) is 53.3 Å². The summed E-state index contributed by atoms with van der Waals surface area (Å²) in [6.07, 6.45) is 6.75. The zero-order valence-electron chi connectivity index (χ0n) is 27.2. The van der Waals surface area contributed by atoms with Crippen molar-refractivity contribution >= 4 is 5.97 Å². The Labute approximate surface area is 260 Å². The molecule has 44 heavy (non-hydrogen) atoms. The summed E-state index contributed by atoms with van der Waals surface area (Å²) in [7, 11) is 0. The molecule has 2 saturated carbocycles. The topological polar surface area (TPSA) is 111 Å². The maximum absolute atomic E-state index is 12.9. The minimum atomic E-state index is -0.855. The van der Waals surface area contributed by atoms with Crippen molar-refractivity contribution in [3.63, 3.8) is 0 Å². The highest BCUT2D eigenvalue weighted by Gasteiger charge is 2.71. The van der Waals surface area contributed by atoms with Crippen molar-refractivity contribution in [3.8, 4) is 0 Å². The lowest BCUT2D eigenvalue weighted by Gasteiger charge is -2.61. The largest absolute Gasteiger partial charge is 0.481 e. The van der Waals surface area contributed by atoms with Gasteiger partial charge in [-0.3, -0.25) is 4.79 Å². The summed E-state index contributed by atoms with van der Waals surface area (Å²) in [5, 5.41) is 10.6. The molecular formula is C34H52O10. The number of carboxylic acid groups (broad SMARTS) is 1. The van der Waals surface area contributed by atoms with Crippen LogP contribution in [0.4, 0.5) is 0 Å². The van der Waals surface area contributed by atoms with Gasteiger partial charge in [-0.1, -0.05) is 27.7 Å². The predicted octanol–water partition coefficient (Wildman–Crippen LogP) is 5.97. The number of carbonyl (C=O) groups is 1. The molecule has 0 radical (unpaired) electrons. The van der Waals surface area contributed by atoms with Gasteiger partial charge in [-0.05, 0) is 101 Å². The minimum Gasteiger partial charge on any atom is -0.481 e.